The SMILES string of the molecule is Cc1ccc(NC2=C(c3ccc(F)cc3)C(=O)N(c3cc(Cl)ccc3C)C2=O)c(C)c1. The normalized spacial score (nSPS) is 13.9. The third kappa shape index (κ3) is 3.84. The van der Waals surface area contributed by atoms with Crippen LogP contribution in [0.25, 0.3) is 5.57 Å². The summed E-state index contributed by atoms with van der Waals surface area (Å²) in [5.41, 5.74) is 4.66. The van der Waals surface area contributed by atoms with E-state index < -0.39 is 17.6 Å². The summed E-state index contributed by atoms with van der Waals surface area (Å²) < 4.78 is 13.5. The smallest absolute Gasteiger partial charge is 0.282 e. The van der Waals surface area contributed by atoms with Crippen LogP contribution in [0.15, 0.2) is 66.4 Å². The van der Waals surface area contributed by atoms with Gasteiger partial charge in [0.1, 0.15) is 11.5 Å². The second-order valence-corrected chi connectivity index (χ2v) is 8.01. The minimum Gasteiger partial charge on any atom is -0.350 e. The molecule has 31 heavy (non-hydrogen) atoms. The highest BCUT2D eigenvalue weighted by Gasteiger charge is 2.41. The number of carbonyl (C=O) groups is 2. The van der Waals surface area contributed by atoms with Crippen molar-refractivity contribution in [2.75, 3.05) is 10.2 Å². The summed E-state index contributed by atoms with van der Waals surface area (Å²) in [5.74, 6) is -1.41. The van der Waals surface area contributed by atoms with Crippen molar-refractivity contribution in [1.82, 2.24) is 0 Å². The molecule has 1 aliphatic heterocycles. The highest BCUT2D eigenvalue weighted by molar-refractivity contribution is 6.46. The van der Waals surface area contributed by atoms with Crippen LogP contribution < -0.4 is 10.2 Å². The third-order valence-electron chi connectivity index (χ3n) is 5.27. The van der Waals surface area contributed by atoms with E-state index in [4.69, 9.17) is 11.6 Å². The van der Waals surface area contributed by atoms with Crippen LogP contribution in [-0.4, -0.2) is 11.8 Å². The predicted octanol–water partition coefficient (Wildman–Crippen LogP) is 5.80. The van der Waals surface area contributed by atoms with Gasteiger partial charge in [0.05, 0.1) is 11.3 Å². The molecule has 0 aromatic heterocycles. The Morgan fingerprint density at radius 1 is 0.839 bits per heavy atom. The first-order chi connectivity index (χ1) is 14.8. The Bertz CT molecular complexity index is 1250. The fourth-order valence-electron chi connectivity index (χ4n) is 3.66. The zero-order chi connectivity index (χ0) is 22.3. The average molecular weight is 435 g/mol. The van der Waals surface area contributed by atoms with Gasteiger partial charge in [0, 0.05) is 10.7 Å². The first-order valence-corrected chi connectivity index (χ1v) is 10.1. The molecule has 0 atom stereocenters. The van der Waals surface area contributed by atoms with Crippen molar-refractivity contribution in [1.29, 1.82) is 0 Å². The van der Waals surface area contributed by atoms with Gasteiger partial charge in [-0.25, -0.2) is 9.29 Å². The van der Waals surface area contributed by atoms with Crippen LogP contribution >= 0.6 is 11.6 Å². The van der Waals surface area contributed by atoms with E-state index in [2.05, 4.69) is 5.32 Å². The molecule has 0 saturated heterocycles. The molecule has 0 aliphatic carbocycles. The van der Waals surface area contributed by atoms with Crippen LogP contribution in [0, 0.1) is 26.6 Å². The van der Waals surface area contributed by atoms with E-state index >= 15 is 0 Å². The molecule has 156 valence electrons. The Kier molecular flexibility index (Phi) is 5.38. The Hall–Kier alpha value is -3.44. The van der Waals surface area contributed by atoms with Gasteiger partial charge in [-0.05, 0) is 67.8 Å². The van der Waals surface area contributed by atoms with Gasteiger partial charge in [0.25, 0.3) is 11.8 Å². The number of nitrogens with one attached hydrogen (secondary N) is 1. The number of anilines is 2. The average Bonchev–Trinajstić information content (AvgIpc) is 2.96. The minimum atomic E-state index is -0.491. The van der Waals surface area contributed by atoms with Gasteiger partial charge >= 0.3 is 0 Å². The molecular formula is C25H20ClFN2O2. The molecule has 3 aromatic rings. The topological polar surface area (TPSA) is 49.4 Å². The summed E-state index contributed by atoms with van der Waals surface area (Å²) in [6, 6.07) is 16.3. The first-order valence-electron chi connectivity index (χ1n) is 9.75. The monoisotopic (exact) mass is 434 g/mol. The van der Waals surface area contributed by atoms with E-state index in [1.54, 1.807) is 25.1 Å². The molecule has 4 rings (SSSR count). The van der Waals surface area contributed by atoms with Crippen molar-refractivity contribution < 1.29 is 14.0 Å². The minimum absolute atomic E-state index is 0.142. The Balaban J connectivity index is 1.87. The number of halogens is 2. The third-order valence-corrected chi connectivity index (χ3v) is 5.51. The van der Waals surface area contributed by atoms with Crippen LogP contribution in [0.2, 0.25) is 5.02 Å². The van der Waals surface area contributed by atoms with E-state index in [-0.39, 0.29) is 11.3 Å². The van der Waals surface area contributed by atoms with Crippen molar-refractivity contribution >= 4 is 40.4 Å². The van der Waals surface area contributed by atoms with Gasteiger partial charge in [-0.3, -0.25) is 9.59 Å². The fourth-order valence-corrected chi connectivity index (χ4v) is 3.83. The lowest BCUT2D eigenvalue weighted by Crippen LogP contribution is -2.33. The van der Waals surface area contributed by atoms with Crippen molar-refractivity contribution in [2.45, 2.75) is 20.8 Å². The standard InChI is InChI=1S/C25H20ClFN2O2/c1-14-4-11-20(16(3)12-14)28-23-22(17-6-9-19(27)10-7-17)24(30)29(25(23)31)21-13-18(26)8-5-15(21)2/h4-13,28H,1-3H3. The van der Waals surface area contributed by atoms with Gasteiger partial charge in [0.15, 0.2) is 0 Å². The molecule has 0 spiro atoms. The van der Waals surface area contributed by atoms with E-state index in [9.17, 15) is 14.0 Å². The number of hydrogen-bond donors (Lipinski definition) is 1. The van der Waals surface area contributed by atoms with E-state index in [1.807, 2.05) is 32.0 Å². The summed E-state index contributed by atoms with van der Waals surface area (Å²) in [6.45, 7) is 5.71. The maximum atomic E-state index is 13.5. The summed E-state index contributed by atoms with van der Waals surface area (Å²) in [5, 5.41) is 3.57. The Labute approximate surface area is 185 Å². The highest BCUT2D eigenvalue weighted by Crippen LogP contribution is 2.36. The van der Waals surface area contributed by atoms with E-state index in [1.165, 1.54) is 24.3 Å². The van der Waals surface area contributed by atoms with Gasteiger partial charge in [0.2, 0.25) is 0 Å². The molecular weight excluding hydrogens is 415 g/mol. The number of benzene rings is 3. The number of aryl methyl sites for hydroxylation is 3. The molecule has 6 heteroatoms. The molecule has 2 amide bonds. The van der Waals surface area contributed by atoms with Gasteiger partial charge in [-0.2, -0.15) is 0 Å². The van der Waals surface area contributed by atoms with Crippen molar-refractivity contribution in [3.8, 4) is 0 Å². The van der Waals surface area contributed by atoms with Crippen LogP contribution in [0.3, 0.4) is 0 Å². The van der Waals surface area contributed by atoms with Crippen LogP contribution in [-0.2, 0) is 9.59 Å². The summed E-state index contributed by atoms with van der Waals surface area (Å²) in [6.07, 6.45) is 0. The number of hydrogen-bond acceptors (Lipinski definition) is 3. The second kappa shape index (κ2) is 8.00. The molecule has 1 aliphatic rings. The molecule has 4 nitrogen and oxygen atoms in total. The first kappa shape index (κ1) is 20.8. The molecule has 0 unspecified atom stereocenters. The lowest BCUT2D eigenvalue weighted by Gasteiger charge is -2.18. The van der Waals surface area contributed by atoms with E-state index in [0.717, 1.165) is 21.6 Å². The zero-order valence-electron chi connectivity index (χ0n) is 17.3. The summed E-state index contributed by atoms with van der Waals surface area (Å²) >= 11 is 6.14. The Morgan fingerprint density at radius 2 is 1.55 bits per heavy atom. The fraction of sp³-hybridized carbons (Fsp3) is 0.120. The molecule has 0 radical (unpaired) electrons. The van der Waals surface area contributed by atoms with Crippen molar-refractivity contribution in [3.63, 3.8) is 0 Å². The maximum Gasteiger partial charge on any atom is 0.282 e. The van der Waals surface area contributed by atoms with Gasteiger partial charge in [-0.1, -0.05) is 47.5 Å². The number of carbonyl (C=O) groups excluding carboxylic acids is 2. The predicted molar refractivity (Wildman–Crippen MR) is 122 cm³/mol. The molecule has 0 saturated carbocycles. The lowest BCUT2D eigenvalue weighted by atomic mass is 10.0. The van der Waals surface area contributed by atoms with Crippen LogP contribution in [0.1, 0.15) is 22.3 Å². The van der Waals surface area contributed by atoms with Gasteiger partial charge in [-0.15, -0.1) is 0 Å². The molecule has 3 aromatic carbocycles. The van der Waals surface area contributed by atoms with Gasteiger partial charge < -0.3 is 5.32 Å². The van der Waals surface area contributed by atoms with Crippen molar-refractivity contribution in [3.05, 3.63) is 99.5 Å². The van der Waals surface area contributed by atoms with Crippen LogP contribution in [0.4, 0.5) is 15.8 Å². The van der Waals surface area contributed by atoms with E-state index in [0.29, 0.717) is 22.0 Å². The second-order valence-electron chi connectivity index (χ2n) is 7.58. The Morgan fingerprint density at radius 3 is 2.23 bits per heavy atom. The highest BCUT2D eigenvalue weighted by atomic mass is 35.5. The zero-order valence-corrected chi connectivity index (χ0v) is 18.0. The number of imide groups is 1. The quantitative estimate of drug-likeness (QED) is 0.528. The molecule has 1 heterocycles. The lowest BCUT2D eigenvalue weighted by molar-refractivity contribution is -0.120. The molecule has 1 N–H and O–H groups in total. The molecule has 0 bridgehead atoms. The van der Waals surface area contributed by atoms with Crippen LogP contribution in [0.5, 0.6) is 0 Å². The largest absolute Gasteiger partial charge is 0.350 e. The number of nitrogens with zero attached hydrogens (tertiary/aromatic N) is 1. The van der Waals surface area contributed by atoms with Crippen molar-refractivity contribution in [2.24, 2.45) is 0 Å². The summed E-state index contributed by atoms with van der Waals surface area (Å²) in [4.78, 5) is 28.1. The maximum absolute atomic E-state index is 13.5. The number of amides is 2. The number of rotatable bonds is 4. The molecule has 0 fully saturated rings. The summed E-state index contributed by atoms with van der Waals surface area (Å²) in [7, 11) is 0.